The lowest BCUT2D eigenvalue weighted by molar-refractivity contribution is 0.277. The highest BCUT2D eigenvalue weighted by molar-refractivity contribution is 7.89. The summed E-state index contributed by atoms with van der Waals surface area (Å²) in [5.74, 6) is -0.492. The minimum absolute atomic E-state index is 0.197. The number of H-pyrrole nitrogens is 1. The lowest BCUT2D eigenvalue weighted by Crippen LogP contribution is -2.28. The first-order valence-corrected chi connectivity index (χ1v) is 7.76. The summed E-state index contributed by atoms with van der Waals surface area (Å²) in [6, 6.07) is 5.16. The third-order valence-electron chi connectivity index (χ3n) is 3.15. The molecule has 1 heterocycles. The van der Waals surface area contributed by atoms with Gasteiger partial charge in [-0.25, -0.2) is 17.5 Å². The van der Waals surface area contributed by atoms with Crippen molar-refractivity contribution in [2.24, 2.45) is 0 Å². The molecule has 114 valence electrons. The minimum atomic E-state index is -3.97. The maximum absolute atomic E-state index is 13.7. The Bertz CT molecular complexity index is 743. The van der Waals surface area contributed by atoms with Crippen LogP contribution in [0.3, 0.4) is 0 Å². The number of nitrogens with zero attached hydrogens (tertiary/aromatic N) is 1. The summed E-state index contributed by atoms with van der Waals surface area (Å²) in [5, 5.41) is 15.2. The number of hydrogen-bond acceptors (Lipinski definition) is 4. The van der Waals surface area contributed by atoms with E-state index in [1.807, 2.05) is 0 Å². The molecule has 2 aromatic rings. The van der Waals surface area contributed by atoms with Gasteiger partial charge in [-0.1, -0.05) is 18.2 Å². The third-order valence-corrected chi connectivity index (χ3v) is 4.66. The zero-order chi connectivity index (χ0) is 15.6. The van der Waals surface area contributed by atoms with Crippen molar-refractivity contribution >= 4 is 10.0 Å². The van der Waals surface area contributed by atoms with Gasteiger partial charge in [0.15, 0.2) is 5.03 Å². The summed E-state index contributed by atoms with van der Waals surface area (Å²) in [5.41, 5.74) is 0.901. The summed E-state index contributed by atoms with van der Waals surface area (Å²) in [6.45, 7) is 2.69. The van der Waals surface area contributed by atoms with Crippen molar-refractivity contribution in [3.63, 3.8) is 0 Å². The van der Waals surface area contributed by atoms with E-state index in [1.165, 1.54) is 25.1 Å². The molecule has 1 atom stereocenters. The summed E-state index contributed by atoms with van der Waals surface area (Å²) < 4.78 is 40.6. The topological polar surface area (TPSA) is 95.1 Å². The normalized spacial score (nSPS) is 13.3. The number of aryl methyl sites for hydroxylation is 1. The number of sulfonamides is 1. The number of aromatic nitrogens is 2. The van der Waals surface area contributed by atoms with Crippen molar-refractivity contribution in [3.8, 4) is 0 Å². The monoisotopic (exact) mass is 313 g/mol. The minimum Gasteiger partial charge on any atom is -0.392 e. The Hall–Kier alpha value is -1.77. The Labute approximate surface area is 122 Å². The molecule has 0 bridgehead atoms. The first kappa shape index (κ1) is 15.6. The molecule has 0 spiro atoms. The predicted octanol–water partition coefficient (Wildman–Crippen LogP) is 1.39. The molecule has 2 rings (SSSR count). The Morgan fingerprint density at radius 2 is 2.10 bits per heavy atom. The van der Waals surface area contributed by atoms with Crippen LogP contribution in [0.1, 0.15) is 29.8 Å². The van der Waals surface area contributed by atoms with Crippen molar-refractivity contribution in [2.75, 3.05) is 0 Å². The van der Waals surface area contributed by atoms with Gasteiger partial charge in [0.05, 0.1) is 6.61 Å². The number of hydrogen-bond donors (Lipinski definition) is 3. The fourth-order valence-electron chi connectivity index (χ4n) is 2.02. The molecule has 0 fully saturated rings. The molecule has 0 radical (unpaired) electrons. The molecule has 0 aliphatic heterocycles. The lowest BCUT2D eigenvalue weighted by Gasteiger charge is -2.14. The number of aromatic amines is 1. The molecule has 6 nitrogen and oxygen atoms in total. The van der Waals surface area contributed by atoms with E-state index in [0.717, 1.165) is 0 Å². The second-order valence-corrected chi connectivity index (χ2v) is 6.28. The summed E-state index contributed by atoms with van der Waals surface area (Å²) in [6.07, 6.45) is 0. The van der Waals surface area contributed by atoms with Gasteiger partial charge < -0.3 is 5.11 Å². The van der Waals surface area contributed by atoms with E-state index in [1.54, 1.807) is 13.0 Å². The predicted molar refractivity (Wildman–Crippen MR) is 74.4 cm³/mol. The first-order valence-electron chi connectivity index (χ1n) is 6.28. The van der Waals surface area contributed by atoms with Crippen molar-refractivity contribution in [1.82, 2.24) is 14.9 Å². The largest absolute Gasteiger partial charge is 0.392 e. The second-order valence-electron chi connectivity index (χ2n) is 4.65. The van der Waals surface area contributed by atoms with Gasteiger partial charge in [0.2, 0.25) is 0 Å². The molecule has 0 saturated heterocycles. The highest BCUT2D eigenvalue weighted by Crippen LogP contribution is 2.21. The molecule has 21 heavy (non-hydrogen) atoms. The van der Waals surface area contributed by atoms with Crippen molar-refractivity contribution < 1.29 is 17.9 Å². The molecule has 1 aromatic carbocycles. The van der Waals surface area contributed by atoms with Gasteiger partial charge >= 0.3 is 0 Å². The van der Waals surface area contributed by atoms with Crippen molar-refractivity contribution in [3.05, 3.63) is 46.9 Å². The van der Waals surface area contributed by atoms with Gasteiger partial charge in [-0.2, -0.15) is 5.10 Å². The molecular formula is C13H16FN3O3S. The van der Waals surface area contributed by atoms with E-state index in [2.05, 4.69) is 14.9 Å². The third kappa shape index (κ3) is 3.12. The van der Waals surface area contributed by atoms with Crippen molar-refractivity contribution in [2.45, 2.75) is 31.5 Å². The summed E-state index contributed by atoms with van der Waals surface area (Å²) in [4.78, 5) is 0. The van der Waals surface area contributed by atoms with Crippen LogP contribution in [0, 0.1) is 12.7 Å². The number of nitrogens with one attached hydrogen (secondary N) is 2. The van der Waals surface area contributed by atoms with E-state index >= 15 is 0 Å². The maximum atomic E-state index is 13.7. The molecule has 0 amide bonds. The van der Waals surface area contributed by atoms with Crippen LogP contribution in [0.5, 0.6) is 0 Å². The van der Waals surface area contributed by atoms with E-state index in [9.17, 15) is 17.9 Å². The lowest BCUT2D eigenvalue weighted by atomic mass is 10.1. The van der Waals surface area contributed by atoms with Crippen LogP contribution in [0.2, 0.25) is 0 Å². The van der Waals surface area contributed by atoms with Crippen LogP contribution in [-0.4, -0.2) is 23.7 Å². The van der Waals surface area contributed by atoms with E-state index in [-0.39, 0.29) is 16.2 Å². The molecule has 3 N–H and O–H groups in total. The number of aliphatic hydroxyl groups excluding tert-OH is 1. The van der Waals surface area contributed by atoms with Crippen LogP contribution in [0.4, 0.5) is 4.39 Å². The Kier molecular flexibility index (Phi) is 4.40. The number of benzene rings is 1. The molecule has 1 aromatic heterocycles. The zero-order valence-corrected chi connectivity index (χ0v) is 12.4. The van der Waals surface area contributed by atoms with Crippen LogP contribution in [0.15, 0.2) is 29.3 Å². The van der Waals surface area contributed by atoms with Gasteiger partial charge in [-0.15, -0.1) is 0 Å². The summed E-state index contributed by atoms with van der Waals surface area (Å²) >= 11 is 0. The molecular weight excluding hydrogens is 297 g/mol. The molecule has 0 aliphatic carbocycles. The van der Waals surface area contributed by atoms with Crippen LogP contribution < -0.4 is 4.72 Å². The Morgan fingerprint density at radius 1 is 1.43 bits per heavy atom. The number of halogens is 1. The standard InChI is InChI=1S/C13H16FN3O3S/c1-8-11(7-18)13(16-15-8)21(19,20)17-9(2)10-5-3-4-6-12(10)14/h3-6,9,17-18H,7H2,1-2H3,(H,15,16). The van der Waals surface area contributed by atoms with E-state index in [0.29, 0.717) is 5.69 Å². The molecule has 1 unspecified atom stereocenters. The highest BCUT2D eigenvalue weighted by atomic mass is 32.2. The zero-order valence-electron chi connectivity index (χ0n) is 11.6. The average molecular weight is 313 g/mol. The van der Waals surface area contributed by atoms with Crippen molar-refractivity contribution in [1.29, 1.82) is 0 Å². The SMILES string of the molecule is Cc1[nH]nc(S(=O)(=O)NC(C)c2ccccc2F)c1CO. The van der Waals surface area contributed by atoms with E-state index < -0.39 is 28.5 Å². The van der Waals surface area contributed by atoms with Crippen LogP contribution >= 0.6 is 0 Å². The average Bonchev–Trinajstić information content (AvgIpc) is 2.80. The quantitative estimate of drug-likeness (QED) is 0.777. The number of aliphatic hydroxyl groups is 1. The maximum Gasteiger partial charge on any atom is 0.260 e. The fraction of sp³-hybridized carbons (Fsp3) is 0.308. The highest BCUT2D eigenvalue weighted by Gasteiger charge is 2.26. The van der Waals surface area contributed by atoms with Gasteiger partial charge in [-0.3, -0.25) is 5.10 Å². The molecule has 8 heteroatoms. The van der Waals surface area contributed by atoms with Crippen LogP contribution in [0.25, 0.3) is 0 Å². The Morgan fingerprint density at radius 3 is 2.71 bits per heavy atom. The second kappa shape index (κ2) is 5.92. The Balaban J connectivity index is 2.31. The smallest absolute Gasteiger partial charge is 0.260 e. The van der Waals surface area contributed by atoms with Crippen LogP contribution in [-0.2, 0) is 16.6 Å². The number of rotatable bonds is 5. The first-order chi connectivity index (χ1) is 9.86. The molecule has 0 aliphatic rings. The molecule has 0 saturated carbocycles. The van der Waals surface area contributed by atoms with E-state index in [4.69, 9.17) is 0 Å². The summed E-state index contributed by atoms with van der Waals surface area (Å²) in [7, 11) is -3.97. The fourth-order valence-corrected chi connectivity index (χ4v) is 3.43. The van der Waals surface area contributed by atoms with Gasteiger partial charge in [0.25, 0.3) is 10.0 Å². The van der Waals surface area contributed by atoms with Gasteiger partial charge in [0.1, 0.15) is 5.82 Å². The van der Waals surface area contributed by atoms with Gasteiger partial charge in [0, 0.05) is 22.9 Å². The van der Waals surface area contributed by atoms with Gasteiger partial charge in [-0.05, 0) is 19.9 Å².